The molecule has 2 fully saturated rings. The van der Waals surface area contributed by atoms with E-state index < -0.39 is 0 Å². The van der Waals surface area contributed by atoms with E-state index in [1.807, 2.05) is 0 Å². The van der Waals surface area contributed by atoms with Gasteiger partial charge < -0.3 is 9.47 Å². The number of hydrogen-bond donors (Lipinski definition) is 0. The zero-order valence-electron chi connectivity index (χ0n) is 8.34. The molecule has 0 radical (unpaired) electrons. The summed E-state index contributed by atoms with van der Waals surface area (Å²) < 4.78 is 9.88. The summed E-state index contributed by atoms with van der Waals surface area (Å²) in [7, 11) is 0. The fourth-order valence-electron chi connectivity index (χ4n) is 1.02. The number of carbonyl (C=O) groups excluding carboxylic acids is 1. The summed E-state index contributed by atoms with van der Waals surface area (Å²) in [4.78, 5) is 10.6. The van der Waals surface area contributed by atoms with Gasteiger partial charge in [-0.2, -0.15) is 0 Å². The van der Waals surface area contributed by atoms with Gasteiger partial charge in [-0.25, -0.2) is 0 Å². The van der Waals surface area contributed by atoms with E-state index in [0.717, 1.165) is 26.1 Å². The van der Waals surface area contributed by atoms with Gasteiger partial charge in [-0.05, 0) is 25.7 Å². The molecule has 1 saturated heterocycles. The van der Waals surface area contributed by atoms with Crippen LogP contribution in [0.1, 0.15) is 32.1 Å². The summed E-state index contributed by atoms with van der Waals surface area (Å²) >= 11 is 3.16. The first kappa shape index (κ1) is 12.0. The lowest BCUT2D eigenvalue weighted by Crippen LogP contribution is -2.05. The summed E-state index contributed by atoms with van der Waals surface area (Å²) in [5, 5.41) is 0.707. The summed E-state index contributed by atoms with van der Waals surface area (Å²) in [5.74, 6) is -0.0747. The molecule has 2 rings (SSSR count). The van der Waals surface area contributed by atoms with Crippen LogP contribution < -0.4 is 0 Å². The molecule has 4 heteroatoms. The van der Waals surface area contributed by atoms with Crippen molar-refractivity contribution in [3.63, 3.8) is 0 Å². The molecule has 0 bridgehead atoms. The van der Waals surface area contributed by atoms with Crippen LogP contribution >= 0.6 is 15.9 Å². The highest BCUT2D eigenvalue weighted by Gasteiger charge is 2.25. The van der Waals surface area contributed by atoms with Crippen LogP contribution in [0.25, 0.3) is 0 Å². The van der Waals surface area contributed by atoms with E-state index in [1.54, 1.807) is 0 Å². The molecule has 0 aromatic heterocycles. The van der Waals surface area contributed by atoms with E-state index in [1.165, 1.54) is 12.8 Å². The van der Waals surface area contributed by atoms with Crippen molar-refractivity contribution >= 4 is 21.9 Å². The zero-order valence-corrected chi connectivity index (χ0v) is 9.92. The van der Waals surface area contributed by atoms with Crippen molar-refractivity contribution in [2.45, 2.75) is 38.2 Å². The van der Waals surface area contributed by atoms with E-state index >= 15 is 0 Å². The molecule has 0 spiro atoms. The average molecular weight is 265 g/mol. The minimum atomic E-state index is -0.0747. The highest BCUT2D eigenvalue weighted by atomic mass is 79.9. The van der Waals surface area contributed by atoms with Gasteiger partial charge in [0.1, 0.15) is 6.10 Å². The lowest BCUT2D eigenvalue weighted by Gasteiger charge is -1.97. The number of esters is 1. The minimum Gasteiger partial charge on any atom is -0.462 e. The molecule has 2 aliphatic rings. The average Bonchev–Trinajstić information content (AvgIpc) is 2.79. The highest BCUT2D eigenvalue weighted by molar-refractivity contribution is 9.09. The van der Waals surface area contributed by atoms with Crippen molar-refractivity contribution in [3.8, 4) is 0 Å². The number of rotatable bonds is 3. The fourth-order valence-corrected chi connectivity index (χ4v) is 1.34. The van der Waals surface area contributed by atoms with Gasteiger partial charge in [0, 0.05) is 18.5 Å². The molecule has 1 aliphatic heterocycles. The zero-order chi connectivity index (χ0) is 10.2. The maximum Gasteiger partial charge on any atom is 0.306 e. The predicted octanol–water partition coefficient (Wildman–Crippen LogP) is 2.27. The summed E-state index contributed by atoms with van der Waals surface area (Å²) in [6, 6.07) is 0. The van der Waals surface area contributed by atoms with Gasteiger partial charge >= 0.3 is 5.97 Å². The first-order valence-electron chi connectivity index (χ1n) is 5.16. The molecule has 0 atom stereocenters. The van der Waals surface area contributed by atoms with E-state index in [4.69, 9.17) is 9.47 Å². The molecule has 0 amide bonds. The summed E-state index contributed by atoms with van der Waals surface area (Å²) in [5.41, 5.74) is 0. The molecule has 1 saturated carbocycles. The molecule has 3 nitrogen and oxygen atoms in total. The minimum absolute atomic E-state index is 0.0747. The smallest absolute Gasteiger partial charge is 0.306 e. The van der Waals surface area contributed by atoms with Crippen molar-refractivity contribution in [2.75, 3.05) is 18.5 Å². The Morgan fingerprint density at radius 2 is 2.00 bits per heavy atom. The van der Waals surface area contributed by atoms with Crippen LogP contribution in [0, 0.1) is 0 Å². The van der Waals surface area contributed by atoms with Gasteiger partial charge in [-0.3, -0.25) is 4.79 Å². The Bertz CT molecular complexity index is 157. The third-order valence-electron chi connectivity index (χ3n) is 1.95. The van der Waals surface area contributed by atoms with Crippen LogP contribution in [0.4, 0.5) is 0 Å². The number of ether oxygens (including phenoxy) is 2. The molecule has 14 heavy (non-hydrogen) atoms. The van der Waals surface area contributed by atoms with Crippen LogP contribution in [0.15, 0.2) is 0 Å². The van der Waals surface area contributed by atoms with Crippen molar-refractivity contribution < 1.29 is 14.3 Å². The Hall–Kier alpha value is -0.0900. The van der Waals surface area contributed by atoms with Crippen LogP contribution in [-0.2, 0) is 14.3 Å². The van der Waals surface area contributed by atoms with Crippen molar-refractivity contribution in [3.05, 3.63) is 0 Å². The second-order valence-corrected chi connectivity index (χ2v) is 4.24. The maximum atomic E-state index is 10.6. The largest absolute Gasteiger partial charge is 0.462 e. The summed E-state index contributed by atoms with van der Waals surface area (Å²) in [6.07, 6.45) is 5.44. The molecule has 82 valence electrons. The monoisotopic (exact) mass is 264 g/mol. The Labute approximate surface area is 93.3 Å². The lowest BCUT2D eigenvalue weighted by molar-refractivity contribution is -0.144. The first-order chi connectivity index (χ1) is 6.83. The van der Waals surface area contributed by atoms with Gasteiger partial charge in [-0.15, -0.1) is 0 Å². The van der Waals surface area contributed by atoms with E-state index in [2.05, 4.69) is 15.9 Å². The van der Waals surface area contributed by atoms with Gasteiger partial charge in [0.05, 0.1) is 6.42 Å². The Morgan fingerprint density at radius 1 is 1.36 bits per heavy atom. The second-order valence-electron chi connectivity index (χ2n) is 3.45. The van der Waals surface area contributed by atoms with E-state index in [-0.39, 0.29) is 12.1 Å². The van der Waals surface area contributed by atoms with Crippen LogP contribution in [0.5, 0.6) is 0 Å². The molecule has 1 heterocycles. The van der Waals surface area contributed by atoms with Gasteiger partial charge in [-0.1, -0.05) is 15.9 Å². The highest BCUT2D eigenvalue weighted by Crippen LogP contribution is 2.23. The quantitative estimate of drug-likeness (QED) is 0.580. The molecule has 1 aliphatic carbocycles. The van der Waals surface area contributed by atoms with Crippen LogP contribution in [0.2, 0.25) is 0 Å². The first-order valence-corrected chi connectivity index (χ1v) is 6.28. The molecule has 0 N–H and O–H groups in total. The Morgan fingerprint density at radius 3 is 2.36 bits per heavy atom. The van der Waals surface area contributed by atoms with Gasteiger partial charge in [0.15, 0.2) is 0 Å². The topological polar surface area (TPSA) is 35.5 Å². The van der Waals surface area contributed by atoms with E-state index in [9.17, 15) is 4.79 Å². The van der Waals surface area contributed by atoms with Gasteiger partial charge in [0.25, 0.3) is 0 Å². The number of halogens is 1. The Balaban J connectivity index is 0.000000165. The SMILES string of the molecule is C1CCOC1.O=C(CCBr)OC1CC1. The van der Waals surface area contributed by atoms with Crippen molar-refractivity contribution in [1.82, 2.24) is 0 Å². The third-order valence-corrected chi connectivity index (χ3v) is 2.34. The fraction of sp³-hybridized carbons (Fsp3) is 0.900. The maximum absolute atomic E-state index is 10.6. The molecule has 0 aromatic rings. The van der Waals surface area contributed by atoms with E-state index in [0.29, 0.717) is 11.8 Å². The Kier molecular flexibility index (Phi) is 6.19. The molecular weight excluding hydrogens is 248 g/mol. The normalized spacial score (nSPS) is 19.8. The standard InChI is InChI=1S/C6H9BrO2.C4H8O/c7-4-3-6(8)9-5-1-2-5;1-2-4-5-3-1/h5H,1-4H2;1-4H2. The predicted molar refractivity (Wildman–Crippen MR) is 57.6 cm³/mol. The number of hydrogen-bond acceptors (Lipinski definition) is 3. The number of carbonyl (C=O) groups is 1. The molecule has 0 aromatic carbocycles. The number of alkyl halides is 1. The molecular formula is C10H17BrO3. The van der Waals surface area contributed by atoms with Crippen molar-refractivity contribution in [1.29, 1.82) is 0 Å². The van der Waals surface area contributed by atoms with Crippen LogP contribution in [0.3, 0.4) is 0 Å². The van der Waals surface area contributed by atoms with Gasteiger partial charge in [0.2, 0.25) is 0 Å². The van der Waals surface area contributed by atoms with Crippen LogP contribution in [-0.4, -0.2) is 30.6 Å². The van der Waals surface area contributed by atoms with Crippen molar-refractivity contribution in [2.24, 2.45) is 0 Å². The molecule has 0 unspecified atom stereocenters. The third kappa shape index (κ3) is 6.38. The lowest BCUT2D eigenvalue weighted by atomic mass is 10.4. The summed E-state index contributed by atoms with van der Waals surface area (Å²) in [6.45, 7) is 2.00. The second kappa shape index (κ2) is 7.23.